The molecule has 118 valence electrons. The Morgan fingerprint density at radius 1 is 1.39 bits per heavy atom. The molecule has 2 aromatic heterocycles. The number of ether oxygens (including phenoxy) is 1. The molecule has 0 bridgehead atoms. The number of fused-ring (bicyclic) bond motifs is 1. The van der Waals surface area contributed by atoms with Crippen molar-refractivity contribution in [3.63, 3.8) is 0 Å². The first kappa shape index (κ1) is 15.5. The number of thiophene rings is 1. The average molecular weight is 350 g/mol. The number of halogens is 1. The summed E-state index contributed by atoms with van der Waals surface area (Å²) in [6.45, 7) is 1.42. The van der Waals surface area contributed by atoms with E-state index in [9.17, 15) is 9.59 Å². The van der Waals surface area contributed by atoms with Crippen molar-refractivity contribution in [2.75, 3.05) is 6.61 Å². The van der Waals surface area contributed by atoms with Gasteiger partial charge in [-0.3, -0.25) is 4.79 Å². The van der Waals surface area contributed by atoms with Crippen LogP contribution in [0.2, 0.25) is 5.02 Å². The highest BCUT2D eigenvalue weighted by molar-refractivity contribution is 7.20. The third-order valence-electron chi connectivity index (χ3n) is 3.14. The molecule has 23 heavy (non-hydrogen) atoms. The van der Waals surface area contributed by atoms with Gasteiger partial charge in [-0.05, 0) is 31.2 Å². The molecule has 3 rings (SSSR count). The molecule has 6 nitrogen and oxygen atoms in total. The molecule has 0 atom stereocenters. The summed E-state index contributed by atoms with van der Waals surface area (Å²) < 4.78 is 6.57. The zero-order valence-electron chi connectivity index (χ0n) is 12.1. The van der Waals surface area contributed by atoms with Crippen LogP contribution in [0.1, 0.15) is 15.4 Å². The summed E-state index contributed by atoms with van der Waals surface area (Å²) in [7, 11) is 0. The fourth-order valence-corrected chi connectivity index (χ4v) is 3.40. The van der Waals surface area contributed by atoms with Crippen LogP contribution >= 0.6 is 22.9 Å². The van der Waals surface area contributed by atoms with Crippen LogP contribution in [0.4, 0.5) is 0 Å². The van der Waals surface area contributed by atoms with Crippen molar-refractivity contribution < 1.29 is 14.3 Å². The molecule has 0 spiro atoms. The maximum Gasteiger partial charge on any atom is 0.348 e. The Bertz CT molecular complexity index is 916. The number of aryl methyl sites for hydroxylation is 1. The minimum Gasteiger partial charge on any atom is -0.451 e. The molecule has 0 radical (unpaired) electrons. The first-order valence-corrected chi connectivity index (χ1v) is 7.85. The molecular formula is C15H12ClN3O3S. The number of carbonyl (C=O) groups is 2. The molecule has 2 N–H and O–H groups in total. The van der Waals surface area contributed by atoms with Crippen LogP contribution in [-0.2, 0) is 9.53 Å². The molecule has 0 aliphatic carbocycles. The summed E-state index contributed by atoms with van der Waals surface area (Å²) in [5.74, 6) is -1.28. The van der Waals surface area contributed by atoms with Gasteiger partial charge in [-0.1, -0.05) is 17.7 Å². The molecular weight excluding hydrogens is 338 g/mol. The highest BCUT2D eigenvalue weighted by Gasteiger charge is 2.18. The molecule has 0 fully saturated rings. The summed E-state index contributed by atoms with van der Waals surface area (Å²) >= 11 is 7.26. The molecule has 8 heteroatoms. The zero-order chi connectivity index (χ0) is 16.6. The highest BCUT2D eigenvalue weighted by Crippen LogP contribution is 2.31. The summed E-state index contributed by atoms with van der Waals surface area (Å²) in [6, 6.07) is 8.98. The number of nitrogens with zero attached hydrogens (tertiary/aromatic N) is 2. The Balaban J connectivity index is 2.02. The van der Waals surface area contributed by atoms with Crippen molar-refractivity contribution >= 4 is 45.0 Å². The van der Waals surface area contributed by atoms with Crippen LogP contribution < -0.4 is 5.73 Å². The predicted octanol–water partition coefficient (Wildman–Crippen LogP) is 2.69. The van der Waals surface area contributed by atoms with Crippen LogP contribution in [0.15, 0.2) is 30.3 Å². The second kappa shape index (κ2) is 6.02. The number of primary amides is 1. The van der Waals surface area contributed by atoms with Gasteiger partial charge < -0.3 is 10.5 Å². The molecule has 3 aromatic rings. The maximum absolute atomic E-state index is 12.0. The van der Waals surface area contributed by atoms with Gasteiger partial charge in [0.2, 0.25) is 0 Å². The second-order valence-corrected chi connectivity index (χ2v) is 6.32. The fourth-order valence-electron chi connectivity index (χ4n) is 2.14. The molecule has 1 amide bonds. The van der Waals surface area contributed by atoms with Gasteiger partial charge >= 0.3 is 5.97 Å². The van der Waals surface area contributed by atoms with E-state index in [-0.39, 0.29) is 0 Å². The number of aromatic nitrogens is 2. The molecule has 0 aliphatic rings. The Morgan fingerprint density at radius 3 is 2.87 bits per heavy atom. The van der Waals surface area contributed by atoms with Crippen LogP contribution in [0, 0.1) is 6.92 Å². The van der Waals surface area contributed by atoms with Gasteiger partial charge in [0.05, 0.1) is 11.4 Å². The van der Waals surface area contributed by atoms with Gasteiger partial charge in [0.25, 0.3) is 5.91 Å². The van der Waals surface area contributed by atoms with Crippen LogP contribution in [0.3, 0.4) is 0 Å². The van der Waals surface area contributed by atoms with E-state index in [1.807, 2.05) is 19.1 Å². The number of hydrogen-bond donors (Lipinski definition) is 1. The number of benzene rings is 1. The van der Waals surface area contributed by atoms with E-state index >= 15 is 0 Å². The lowest BCUT2D eigenvalue weighted by molar-refractivity contribution is -0.121. The number of nitrogens with two attached hydrogens (primary N) is 1. The normalized spacial score (nSPS) is 10.9. The first-order chi connectivity index (χ1) is 11.0. The Labute approximate surface area is 140 Å². The zero-order valence-corrected chi connectivity index (χ0v) is 13.6. The quantitative estimate of drug-likeness (QED) is 0.733. The molecule has 0 saturated carbocycles. The number of hydrogen-bond acceptors (Lipinski definition) is 5. The number of carbonyl (C=O) groups excluding carboxylic acids is 2. The van der Waals surface area contributed by atoms with Crippen molar-refractivity contribution in [3.05, 3.63) is 45.9 Å². The van der Waals surface area contributed by atoms with E-state index in [1.165, 1.54) is 11.3 Å². The van der Waals surface area contributed by atoms with Gasteiger partial charge in [-0.2, -0.15) is 5.10 Å². The number of amides is 1. The lowest BCUT2D eigenvalue weighted by Crippen LogP contribution is -2.20. The van der Waals surface area contributed by atoms with Gasteiger partial charge in [0, 0.05) is 10.4 Å². The standard InChI is InChI=1S/C15H12ClN3O3S/c1-8-11-6-12(15(21)22-7-13(17)20)23-14(11)19(18-8)10-4-2-3-9(16)5-10/h2-6H,7H2,1H3,(H2,17,20). The van der Waals surface area contributed by atoms with Crippen LogP contribution in [0.25, 0.3) is 15.9 Å². The molecule has 0 saturated heterocycles. The van der Waals surface area contributed by atoms with Gasteiger partial charge in [0.1, 0.15) is 9.71 Å². The second-order valence-electron chi connectivity index (χ2n) is 4.85. The SMILES string of the molecule is Cc1nn(-c2cccc(Cl)c2)c2sc(C(=O)OCC(N)=O)cc12. The fraction of sp³-hybridized carbons (Fsp3) is 0.133. The van der Waals surface area contributed by atoms with Crippen molar-refractivity contribution in [1.82, 2.24) is 9.78 Å². The number of esters is 1. The molecule has 1 aromatic carbocycles. The van der Waals surface area contributed by atoms with Crippen LogP contribution in [-0.4, -0.2) is 28.3 Å². The predicted molar refractivity (Wildman–Crippen MR) is 88.2 cm³/mol. The van der Waals surface area contributed by atoms with Crippen molar-refractivity contribution in [1.29, 1.82) is 0 Å². The lowest BCUT2D eigenvalue weighted by Gasteiger charge is -2.02. The van der Waals surface area contributed by atoms with Gasteiger partial charge in [-0.15, -0.1) is 11.3 Å². The summed E-state index contributed by atoms with van der Waals surface area (Å²) in [4.78, 5) is 23.9. The minimum atomic E-state index is -0.694. The third kappa shape index (κ3) is 3.06. The van der Waals surface area contributed by atoms with Crippen molar-refractivity contribution in [2.24, 2.45) is 5.73 Å². The van der Waals surface area contributed by atoms with E-state index in [0.717, 1.165) is 21.6 Å². The Hall–Kier alpha value is -2.38. The maximum atomic E-state index is 12.0. The largest absolute Gasteiger partial charge is 0.451 e. The smallest absolute Gasteiger partial charge is 0.348 e. The van der Waals surface area contributed by atoms with E-state index < -0.39 is 18.5 Å². The van der Waals surface area contributed by atoms with Crippen LogP contribution in [0.5, 0.6) is 0 Å². The van der Waals surface area contributed by atoms with E-state index in [0.29, 0.717) is 9.90 Å². The lowest BCUT2D eigenvalue weighted by atomic mass is 10.3. The van der Waals surface area contributed by atoms with Gasteiger partial charge in [0.15, 0.2) is 6.61 Å². The van der Waals surface area contributed by atoms with Crippen molar-refractivity contribution in [2.45, 2.75) is 6.92 Å². The summed E-state index contributed by atoms with van der Waals surface area (Å²) in [5, 5.41) is 5.92. The molecule has 0 aliphatic heterocycles. The summed E-state index contributed by atoms with van der Waals surface area (Å²) in [5.41, 5.74) is 6.56. The van der Waals surface area contributed by atoms with E-state index in [2.05, 4.69) is 5.10 Å². The Kier molecular flexibility index (Phi) is 4.06. The minimum absolute atomic E-state index is 0.387. The molecule has 0 unspecified atom stereocenters. The molecule has 2 heterocycles. The monoisotopic (exact) mass is 349 g/mol. The van der Waals surface area contributed by atoms with Gasteiger partial charge in [-0.25, -0.2) is 9.48 Å². The topological polar surface area (TPSA) is 87.2 Å². The first-order valence-electron chi connectivity index (χ1n) is 6.66. The van der Waals surface area contributed by atoms with Crippen molar-refractivity contribution in [3.8, 4) is 5.69 Å². The third-order valence-corrected chi connectivity index (χ3v) is 4.47. The Morgan fingerprint density at radius 2 is 2.17 bits per heavy atom. The highest BCUT2D eigenvalue weighted by atomic mass is 35.5. The summed E-state index contributed by atoms with van der Waals surface area (Å²) in [6.07, 6.45) is 0. The van der Waals surface area contributed by atoms with E-state index in [4.69, 9.17) is 22.1 Å². The van der Waals surface area contributed by atoms with E-state index in [1.54, 1.807) is 22.9 Å². The number of rotatable bonds is 4. The average Bonchev–Trinajstić information content (AvgIpc) is 3.06.